The molecule has 2 aromatic carbocycles. The van der Waals surface area contributed by atoms with E-state index >= 15 is 0 Å². The van der Waals surface area contributed by atoms with E-state index in [0.29, 0.717) is 30.7 Å². The van der Waals surface area contributed by atoms with Gasteiger partial charge in [-0.2, -0.15) is 0 Å². The van der Waals surface area contributed by atoms with Crippen molar-refractivity contribution in [1.29, 1.82) is 0 Å². The summed E-state index contributed by atoms with van der Waals surface area (Å²) in [5.41, 5.74) is 3.73. The first-order valence-electron chi connectivity index (χ1n) is 14.9. The molecule has 2 aliphatic carbocycles. The standard InChI is InChI=1S/C32H39N5O4S/c1-4-6-11-28-35-32(20-31(21-32)14-15-31)29(38)37(28)18-23-12-13-25(24(16-23)19-41-5-2)26-9-7-8-10-27(26)42(39,40)36-30-33-17-22(3)34-30/h7-10,12-13,16-17H,4-6,11,14-15,18-21H2,1-3H3,(H2,33,34,36). The van der Waals surface area contributed by atoms with Crippen LogP contribution in [0.25, 0.3) is 11.1 Å². The minimum Gasteiger partial charge on any atom is -0.377 e. The maximum atomic E-state index is 13.8. The van der Waals surface area contributed by atoms with Crippen LogP contribution in [0.3, 0.4) is 0 Å². The van der Waals surface area contributed by atoms with E-state index in [1.165, 1.54) is 12.8 Å². The number of carbonyl (C=O) groups is 1. The molecule has 2 fully saturated rings. The molecule has 2 saturated carbocycles. The summed E-state index contributed by atoms with van der Waals surface area (Å²) >= 11 is 0. The fourth-order valence-electron chi connectivity index (χ4n) is 6.45. The molecule has 0 atom stereocenters. The Hall–Kier alpha value is -3.50. The van der Waals surface area contributed by atoms with Crippen LogP contribution in [0.2, 0.25) is 0 Å². The van der Waals surface area contributed by atoms with Crippen LogP contribution in [0.5, 0.6) is 0 Å². The molecule has 42 heavy (non-hydrogen) atoms. The quantitative estimate of drug-likeness (QED) is 0.270. The summed E-state index contributed by atoms with van der Waals surface area (Å²) in [6.45, 7) is 7.17. The maximum Gasteiger partial charge on any atom is 0.264 e. The van der Waals surface area contributed by atoms with Gasteiger partial charge in [-0.25, -0.2) is 18.1 Å². The highest BCUT2D eigenvalue weighted by Gasteiger charge is 2.67. The molecular formula is C32H39N5O4S. The molecular weight excluding hydrogens is 550 g/mol. The van der Waals surface area contributed by atoms with Crippen molar-refractivity contribution in [2.75, 3.05) is 11.3 Å². The average Bonchev–Trinajstić information content (AvgIpc) is 3.57. The van der Waals surface area contributed by atoms with E-state index in [1.807, 2.05) is 43.0 Å². The number of amides is 1. The second kappa shape index (κ2) is 11.0. The topological polar surface area (TPSA) is 117 Å². The van der Waals surface area contributed by atoms with Crippen LogP contribution in [0.4, 0.5) is 5.95 Å². The SMILES string of the molecule is CCCCC1=NC2(CC3(CC3)C2)C(=O)N1Cc1ccc(-c2ccccc2S(=O)(=O)Nc2ncc(C)[nH]2)c(COCC)c1. The second-order valence-corrected chi connectivity index (χ2v) is 13.7. The van der Waals surface area contributed by atoms with Crippen LogP contribution in [-0.4, -0.2) is 47.2 Å². The van der Waals surface area contributed by atoms with Gasteiger partial charge in [0.25, 0.3) is 15.9 Å². The lowest BCUT2D eigenvalue weighted by Gasteiger charge is -2.42. The molecule has 6 rings (SSSR count). The van der Waals surface area contributed by atoms with Gasteiger partial charge in [0.1, 0.15) is 11.4 Å². The molecule has 222 valence electrons. The van der Waals surface area contributed by atoms with E-state index in [9.17, 15) is 13.2 Å². The Kier molecular flexibility index (Phi) is 7.47. The third-order valence-corrected chi connectivity index (χ3v) is 10.1. The Morgan fingerprint density at radius 3 is 2.57 bits per heavy atom. The number of sulfonamides is 1. The number of aromatic nitrogens is 2. The predicted molar refractivity (Wildman–Crippen MR) is 162 cm³/mol. The number of ether oxygens (including phenoxy) is 1. The van der Waals surface area contributed by atoms with Crippen molar-refractivity contribution in [3.8, 4) is 11.1 Å². The van der Waals surface area contributed by atoms with E-state index in [2.05, 4.69) is 21.6 Å². The Morgan fingerprint density at radius 2 is 1.88 bits per heavy atom. The number of H-pyrrole nitrogens is 1. The molecule has 9 nitrogen and oxygen atoms in total. The fraction of sp³-hybridized carbons (Fsp3) is 0.469. The summed E-state index contributed by atoms with van der Waals surface area (Å²) in [7, 11) is -3.94. The third kappa shape index (κ3) is 5.38. The Morgan fingerprint density at radius 1 is 1.10 bits per heavy atom. The number of nitrogens with zero attached hydrogens (tertiary/aromatic N) is 3. The molecule has 1 aromatic heterocycles. The van der Waals surface area contributed by atoms with Crippen molar-refractivity contribution in [3.63, 3.8) is 0 Å². The maximum absolute atomic E-state index is 13.8. The number of aryl methyl sites for hydroxylation is 1. The lowest BCUT2D eigenvalue weighted by molar-refractivity contribution is -0.137. The third-order valence-electron chi connectivity index (χ3n) is 8.72. The van der Waals surface area contributed by atoms with Gasteiger partial charge in [-0.15, -0.1) is 0 Å². The van der Waals surface area contributed by atoms with E-state index in [-0.39, 0.29) is 16.8 Å². The van der Waals surface area contributed by atoms with Gasteiger partial charge in [0.05, 0.1) is 18.0 Å². The number of anilines is 1. The van der Waals surface area contributed by atoms with E-state index in [0.717, 1.165) is 60.3 Å². The van der Waals surface area contributed by atoms with Crippen LogP contribution in [0.15, 0.2) is 58.5 Å². The Balaban J connectivity index is 1.31. The minimum atomic E-state index is -3.94. The first kappa shape index (κ1) is 28.6. The molecule has 2 heterocycles. The van der Waals surface area contributed by atoms with Crippen molar-refractivity contribution >= 4 is 27.7 Å². The molecule has 2 spiro atoms. The number of carbonyl (C=O) groups excluding carboxylic acids is 1. The average molecular weight is 590 g/mol. The smallest absolute Gasteiger partial charge is 0.264 e. The van der Waals surface area contributed by atoms with Gasteiger partial charge in [0, 0.05) is 30.5 Å². The highest BCUT2D eigenvalue weighted by atomic mass is 32.2. The first-order chi connectivity index (χ1) is 20.2. The van der Waals surface area contributed by atoms with Gasteiger partial charge in [-0.3, -0.25) is 14.7 Å². The molecule has 0 radical (unpaired) electrons. The minimum absolute atomic E-state index is 0.136. The highest BCUT2D eigenvalue weighted by molar-refractivity contribution is 7.92. The number of rotatable bonds is 12. The summed E-state index contributed by atoms with van der Waals surface area (Å²) in [6.07, 6.45) is 8.62. The van der Waals surface area contributed by atoms with Crippen molar-refractivity contribution < 1.29 is 17.9 Å². The molecule has 3 aliphatic rings. The molecule has 0 bridgehead atoms. The number of hydrogen-bond acceptors (Lipinski definition) is 6. The second-order valence-electron chi connectivity index (χ2n) is 12.1. The summed E-state index contributed by atoms with van der Waals surface area (Å²) in [5, 5.41) is 0. The normalized spacial score (nSPS) is 18.4. The lowest BCUT2D eigenvalue weighted by atomic mass is 9.65. The summed E-state index contributed by atoms with van der Waals surface area (Å²) in [6, 6.07) is 12.9. The van der Waals surface area contributed by atoms with Crippen LogP contribution in [-0.2, 0) is 32.7 Å². The van der Waals surface area contributed by atoms with Gasteiger partial charge in [-0.05, 0) is 74.1 Å². The van der Waals surface area contributed by atoms with Crippen molar-refractivity contribution in [1.82, 2.24) is 14.9 Å². The molecule has 3 aromatic rings. The van der Waals surface area contributed by atoms with Crippen molar-refractivity contribution in [2.45, 2.75) is 89.3 Å². The molecule has 1 amide bonds. The van der Waals surface area contributed by atoms with E-state index in [4.69, 9.17) is 9.73 Å². The van der Waals surface area contributed by atoms with Crippen LogP contribution in [0, 0.1) is 12.3 Å². The Bertz CT molecular complexity index is 1630. The van der Waals surface area contributed by atoms with Crippen molar-refractivity contribution in [3.05, 3.63) is 65.5 Å². The number of aromatic amines is 1. The summed E-state index contributed by atoms with van der Waals surface area (Å²) in [5.74, 6) is 1.21. The number of nitrogens with one attached hydrogen (secondary N) is 2. The zero-order valence-electron chi connectivity index (χ0n) is 24.6. The monoisotopic (exact) mass is 589 g/mol. The van der Waals surface area contributed by atoms with Crippen molar-refractivity contribution in [2.24, 2.45) is 10.4 Å². The molecule has 1 aliphatic heterocycles. The number of aliphatic imine (C=N–C) groups is 1. The predicted octanol–water partition coefficient (Wildman–Crippen LogP) is 5.97. The summed E-state index contributed by atoms with van der Waals surface area (Å²) < 4.78 is 35.3. The van der Waals surface area contributed by atoms with E-state index in [1.54, 1.807) is 24.4 Å². The molecule has 10 heteroatoms. The first-order valence-corrected chi connectivity index (χ1v) is 16.4. The zero-order valence-corrected chi connectivity index (χ0v) is 25.4. The van der Waals surface area contributed by atoms with Gasteiger partial charge >= 0.3 is 0 Å². The molecule has 2 N–H and O–H groups in total. The zero-order chi connectivity index (χ0) is 29.5. The van der Waals surface area contributed by atoms with Gasteiger partial charge in [0.15, 0.2) is 0 Å². The fourth-order valence-corrected chi connectivity index (χ4v) is 7.65. The highest BCUT2D eigenvalue weighted by Crippen LogP contribution is 2.67. The number of hydrogen-bond donors (Lipinski definition) is 2. The van der Waals surface area contributed by atoms with Crippen LogP contribution >= 0.6 is 0 Å². The number of benzene rings is 2. The largest absolute Gasteiger partial charge is 0.377 e. The number of unbranched alkanes of at least 4 members (excludes halogenated alkanes) is 1. The van der Waals surface area contributed by atoms with E-state index < -0.39 is 15.6 Å². The number of imidazole rings is 1. The Labute approximate surface area is 247 Å². The van der Waals surface area contributed by atoms with Gasteiger partial charge in [0.2, 0.25) is 5.95 Å². The summed E-state index contributed by atoms with van der Waals surface area (Å²) in [4.78, 5) is 27.9. The van der Waals surface area contributed by atoms with Gasteiger partial charge in [-0.1, -0.05) is 49.7 Å². The lowest BCUT2D eigenvalue weighted by Crippen LogP contribution is -2.51. The molecule has 0 unspecified atom stereocenters. The van der Waals surface area contributed by atoms with Crippen LogP contribution in [0.1, 0.15) is 75.6 Å². The van der Waals surface area contributed by atoms with Crippen LogP contribution < -0.4 is 4.72 Å². The number of amidine groups is 1. The molecule has 0 saturated heterocycles. The van der Waals surface area contributed by atoms with Gasteiger partial charge < -0.3 is 9.72 Å².